The Bertz CT molecular complexity index is 1440. The summed E-state index contributed by atoms with van der Waals surface area (Å²) in [6.07, 6.45) is 2.14. The molecule has 3 aromatic rings. The number of nitrogens with zero attached hydrogens (tertiary/aromatic N) is 1. The van der Waals surface area contributed by atoms with E-state index in [9.17, 15) is 14.4 Å². The first-order valence-corrected chi connectivity index (χ1v) is 12.9. The molecule has 4 amide bonds. The minimum Gasteiger partial charge on any atom is -0.359 e. The maximum atomic E-state index is 12.8. The van der Waals surface area contributed by atoms with Crippen molar-refractivity contribution in [3.05, 3.63) is 52.5 Å². The second-order valence-electron chi connectivity index (χ2n) is 10.5. The van der Waals surface area contributed by atoms with Gasteiger partial charge in [-0.05, 0) is 44.2 Å². The van der Waals surface area contributed by atoms with Crippen LogP contribution in [0.4, 0.5) is 27.7 Å². The summed E-state index contributed by atoms with van der Waals surface area (Å²) in [7, 11) is 0. The number of carbonyl (C=O) groups is 3. The minimum atomic E-state index is -0.485. The molecule has 11 nitrogen and oxygen atoms in total. The maximum Gasteiger partial charge on any atom is 0.324 e. The fraction of sp³-hybridized carbons (Fsp3) is 0.357. The van der Waals surface area contributed by atoms with Crippen molar-refractivity contribution in [2.24, 2.45) is 0 Å². The van der Waals surface area contributed by atoms with Crippen LogP contribution in [0, 0.1) is 13.8 Å². The van der Waals surface area contributed by atoms with Crippen LogP contribution >= 0.6 is 0 Å². The molecular formula is C28H35N7O4. The van der Waals surface area contributed by atoms with Gasteiger partial charge in [0.25, 0.3) is 5.91 Å². The van der Waals surface area contributed by atoms with Crippen molar-refractivity contribution in [3.8, 4) is 0 Å². The second kappa shape index (κ2) is 11.2. The minimum absolute atomic E-state index is 0.0773. The summed E-state index contributed by atoms with van der Waals surface area (Å²) in [6.45, 7) is 13.1. The van der Waals surface area contributed by atoms with Crippen molar-refractivity contribution in [1.82, 2.24) is 15.5 Å². The van der Waals surface area contributed by atoms with E-state index in [0.29, 0.717) is 52.7 Å². The van der Waals surface area contributed by atoms with Gasteiger partial charge in [0.15, 0.2) is 5.82 Å². The van der Waals surface area contributed by atoms with Crippen LogP contribution in [0.5, 0.6) is 0 Å². The van der Waals surface area contributed by atoms with E-state index in [1.165, 1.54) is 0 Å². The summed E-state index contributed by atoms with van der Waals surface area (Å²) >= 11 is 0. The number of benzene rings is 1. The average molecular weight is 534 g/mol. The molecule has 0 fully saturated rings. The zero-order valence-corrected chi connectivity index (χ0v) is 23.1. The van der Waals surface area contributed by atoms with Gasteiger partial charge in [0.05, 0.1) is 16.9 Å². The van der Waals surface area contributed by atoms with Crippen LogP contribution in [-0.4, -0.2) is 41.1 Å². The Morgan fingerprint density at radius 2 is 1.87 bits per heavy atom. The highest BCUT2D eigenvalue weighted by molar-refractivity contribution is 6.35. The predicted octanol–water partition coefficient (Wildman–Crippen LogP) is 4.99. The van der Waals surface area contributed by atoms with E-state index in [1.807, 2.05) is 41.5 Å². The Labute approximate surface area is 227 Å². The Kier molecular flexibility index (Phi) is 7.91. The molecule has 1 aromatic carbocycles. The number of urea groups is 1. The zero-order chi connectivity index (χ0) is 28.3. The molecule has 39 heavy (non-hydrogen) atoms. The van der Waals surface area contributed by atoms with Crippen molar-refractivity contribution < 1.29 is 18.9 Å². The molecule has 6 N–H and O–H groups in total. The van der Waals surface area contributed by atoms with E-state index in [0.717, 1.165) is 23.5 Å². The van der Waals surface area contributed by atoms with E-state index in [1.54, 1.807) is 30.3 Å². The number of aromatic amines is 1. The van der Waals surface area contributed by atoms with Gasteiger partial charge >= 0.3 is 6.03 Å². The van der Waals surface area contributed by atoms with E-state index >= 15 is 0 Å². The number of H-pyrrole nitrogens is 1. The third-order valence-electron chi connectivity index (χ3n) is 6.36. The van der Waals surface area contributed by atoms with Gasteiger partial charge in [-0.3, -0.25) is 14.9 Å². The number of hydrogen-bond donors (Lipinski definition) is 6. The summed E-state index contributed by atoms with van der Waals surface area (Å²) in [5.41, 5.74) is 5.14. The zero-order valence-electron chi connectivity index (χ0n) is 23.1. The second-order valence-corrected chi connectivity index (χ2v) is 10.5. The average Bonchev–Trinajstić information content (AvgIpc) is 3.52. The summed E-state index contributed by atoms with van der Waals surface area (Å²) in [4.78, 5) is 40.9. The highest BCUT2D eigenvalue weighted by Gasteiger charge is 2.26. The van der Waals surface area contributed by atoms with Gasteiger partial charge < -0.3 is 30.8 Å². The first kappa shape index (κ1) is 27.6. The van der Waals surface area contributed by atoms with Crippen molar-refractivity contribution in [3.63, 3.8) is 0 Å². The van der Waals surface area contributed by atoms with E-state index < -0.39 is 6.03 Å². The molecule has 0 atom stereocenters. The summed E-state index contributed by atoms with van der Waals surface area (Å²) < 4.78 is 5.30. The molecule has 0 unspecified atom stereocenters. The fourth-order valence-corrected chi connectivity index (χ4v) is 4.21. The van der Waals surface area contributed by atoms with Crippen LogP contribution in [0.3, 0.4) is 0 Å². The number of hydrogen-bond acceptors (Lipinski definition) is 6. The Morgan fingerprint density at radius 3 is 2.56 bits per heavy atom. The number of aryl methyl sites for hydroxylation is 1. The molecular weight excluding hydrogens is 498 g/mol. The first-order chi connectivity index (χ1) is 18.5. The van der Waals surface area contributed by atoms with E-state index in [2.05, 4.69) is 36.7 Å². The number of amides is 4. The predicted molar refractivity (Wildman–Crippen MR) is 153 cm³/mol. The highest BCUT2D eigenvalue weighted by Crippen LogP contribution is 2.36. The highest BCUT2D eigenvalue weighted by atomic mass is 16.5. The molecule has 11 heteroatoms. The topological polar surface area (TPSA) is 153 Å². The lowest BCUT2D eigenvalue weighted by molar-refractivity contribution is -0.116. The van der Waals surface area contributed by atoms with Crippen LogP contribution in [0.2, 0.25) is 0 Å². The van der Waals surface area contributed by atoms with Crippen molar-refractivity contribution in [2.45, 2.75) is 53.4 Å². The molecule has 0 aliphatic carbocycles. The number of fused-ring (bicyclic) bond motifs is 1. The monoisotopic (exact) mass is 533 g/mol. The molecule has 0 saturated heterocycles. The molecule has 0 saturated carbocycles. The number of rotatable bonds is 8. The van der Waals surface area contributed by atoms with Crippen LogP contribution in [0.25, 0.3) is 11.6 Å². The molecule has 1 aliphatic heterocycles. The van der Waals surface area contributed by atoms with Gasteiger partial charge in [-0.1, -0.05) is 38.9 Å². The molecule has 1 aliphatic rings. The molecule has 0 spiro atoms. The van der Waals surface area contributed by atoms with Gasteiger partial charge in [0.2, 0.25) is 5.91 Å². The Hall–Kier alpha value is -4.38. The number of aromatic nitrogens is 2. The molecule has 0 bridgehead atoms. The quantitative estimate of drug-likeness (QED) is 0.177. The number of anilines is 4. The van der Waals surface area contributed by atoms with Crippen LogP contribution < -0.4 is 26.6 Å². The largest absolute Gasteiger partial charge is 0.359 e. The summed E-state index contributed by atoms with van der Waals surface area (Å²) in [5.74, 6) is 0.629. The third kappa shape index (κ3) is 6.37. The van der Waals surface area contributed by atoms with Gasteiger partial charge in [-0.25, -0.2) is 4.79 Å². The van der Waals surface area contributed by atoms with Crippen molar-refractivity contribution in [1.29, 1.82) is 0 Å². The number of carbonyl (C=O) groups excluding carboxylic acids is 3. The standard InChI is InChI=1S/C28H35N7O4/c1-7-29-11-10-24(36)34-25-15(2)20(30-16(25)3)13-19-18-9-8-17(12-21(18)32-26(19)37)31-27(38)33-23-14-22(39-35-23)28(4,5)6/h8-9,12-14,29-30H,7,10-11H2,1-6H3,(H,32,37)(H,34,36)(H2,31,33,35,38). The molecule has 206 valence electrons. The van der Waals surface area contributed by atoms with Gasteiger partial charge in [0.1, 0.15) is 5.76 Å². The van der Waals surface area contributed by atoms with Crippen molar-refractivity contribution >= 4 is 52.4 Å². The fourth-order valence-electron chi connectivity index (χ4n) is 4.21. The maximum absolute atomic E-state index is 12.8. The van der Waals surface area contributed by atoms with Crippen LogP contribution in [0.15, 0.2) is 28.8 Å². The summed E-state index contributed by atoms with van der Waals surface area (Å²) in [6, 6.07) is 6.39. The van der Waals surface area contributed by atoms with Gasteiger partial charge in [0, 0.05) is 47.1 Å². The Morgan fingerprint density at radius 1 is 1.10 bits per heavy atom. The lowest BCUT2D eigenvalue weighted by Crippen LogP contribution is -2.21. The van der Waals surface area contributed by atoms with E-state index in [4.69, 9.17) is 4.52 Å². The first-order valence-electron chi connectivity index (χ1n) is 12.9. The normalized spacial score (nSPS) is 13.8. The van der Waals surface area contributed by atoms with E-state index in [-0.39, 0.29) is 17.2 Å². The van der Waals surface area contributed by atoms with Crippen LogP contribution in [-0.2, 0) is 15.0 Å². The number of nitrogens with one attached hydrogen (secondary N) is 6. The van der Waals surface area contributed by atoms with Gasteiger partial charge in [-0.2, -0.15) is 0 Å². The third-order valence-corrected chi connectivity index (χ3v) is 6.36. The molecule has 4 rings (SSSR count). The molecule has 3 heterocycles. The van der Waals surface area contributed by atoms with Gasteiger partial charge in [-0.15, -0.1) is 0 Å². The molecule has 2 aromatic heterocycles. The Balaban J connectivity index is 1.47. The SMILES string of the molecule is CCNCCC(=O)Nc1c(C)[nH]c(C=C2C(=O)Nc3cc(NC(=O)Nc4cc(C(C)(C)C)on4)ccc32)c1C. The lowest BCUT2D eigenvalue weighted by Gasteiger charge is -2.12. The smallest absolute Gasteiger partial charge is 0.324 e. The summed E-state index contributed by atoms with van der Waals surface area (Å²) in [5, 5.41) is 18.3. The van der Waals surface area contributed by atoms with Crippen LogP contribution in [0.1, 0.15) is 62.4 Å². The lowest BCUT2D eigenvalue weighted by atomic mass is 9.93. The van der Waals surface area contributed by atoms with Crippen molar-refractivity contribution in [2.75, 3.05) is 34.4 Å². The molecule has 0 radical (unpaired) electrons.